The molecule has 0 radical (unpaired) electrons. The molecule has 20 heavy (non-hydrogen) atoms. The van der Waals surface area contributed by atoms with Crippen molar-refractivity contribution in [2.45, 2.75) is 45.2 Å². The number of urea groups is 1. The smallest absolute Gasteiger partial charge is 0.315 e. The molecule has 7 heteroatoms. The molecule has 2 rings (SSSR count). The van der Waals surface area contributed by atoms with Gasteiger partial charge < -0.3 is 20.2 Å². The number of hydrogen-bond donors (Lipinski definition) is 3. The lowest BCUT2D eigenvalue weighted by Gasteiger charge is -2.15. The number of amides is 2. The molecular weight excluding hydrogens is 262 g/mol. The molecule has 2 amide bonds. The van der Waals surface area contributed by atoms with Gasteiger partial charge in [0.15, 0.2) is 0 Å². The molecule has 1 aromatic heterocycles. The molecule has 110 valence electrons. The number of aryl methyl sites for hydroxylation is 1. The lowest BCUT2D eigenvalue weighted by molar-refractivity contribution is -0.141. The largest absolute Gasteiger partial charge is 0.481 e. The molecule has 0 saturated heterocycles. The fourth-order valence-corrected chi connectivity index (χ4v) is 2.39. The van der Waals surface area contributed by atoms with Crippen LogP contribution in [0.2, 0.25) is 0 Å². The molecule has 0 aliphatic heterocycles. The third kappa shape index (κ3) is 3.49. The average Bonchev–Trinajstić information content (AvgIpc) is 2.98. The van der Waals surface area contributed by atoms with E-state index in [9.17, 15) is 9.59 Å². The summed E-state index contributed by atoms with van der Waals surface area (Å²) in [6.07, 6.45) is 3.38. The maximum atomic E-state index is 11.8. The van der Waals surface area contributed by atoms with Crippen LogP contribution in [0.3, 0.4) is 0 Å². The zero-order valence-corrected chi connectivity index (χ0v) is 11.5. The first kappa shape index (κ1) is 14.4. The van der Waals surface area contributed by atoms with Gasteiger partial charge in [0.05, 0.1) is 12.1 Å². The van der Waals surface area contributed by atoms with Crippen LogP contribution in [0, 0.1) is 12.8 Å². The van der Waals surface area contributed by atoms with Crippen LogP contribution in [0.1, 0.15) is 43.9 Å². The van der Waals surface area contributed by atoms with Gasteiger partial charge in [-0.05, 0) is 33.1 Å². The highest BCUT2D eigenvalue weighted by Crippen LogP contribution is 2.25. The Hall–Kier alpha value is -2.05. The highest BCUT2D eigenvalue weighted by Gasteiger charge is 2.30. The van der Waals surface area contributed by atoms with Gasteiger partial charge in [-0.15, -0.1) is 0 Å². The number of rotatable bonds is 4. The molecule has 1 saturated carbocycles. The summed E-state index contributed by atoms with van der Waals surface area (Å²) in [6, 6.07) is -0.751. The van der Waals surface area contributed by atoms with E-state index in [0.29, 0.717) is 30.9 Å². The molecular formula is C13H19N3O4. The van der Waals surface area contributed by atoms with Crippen LogP contribution in [-0.4, -0.2) is 28.1 Å². The van der Waals surface area contributed by atoms with Gasteiger partial charge in [-0.25, -0.2) is 9.78 Å². The molecule has 0 spiro atoms. The van der Waals surface area contributed by atoms with Crippen LogP contribution >= 0.6 is 0 Å². The molecule has 1 unspecified atom stereocenters. The van der Waals surface area contributed by atoms with E-state index in [2.05, 4.69) is 15.6 Å². The van der Waals surface area contributed by atoms with Crippen molar-refractivity contribution in [1.82, 2.24) is 15.6 Å². The molecule has 1 aliphatic carbocycles. The summed E-state index contributed by atoms with van der Waals surface area (Å²) in [4.78, 5) is 26.7. The quantitative estimate of drug-likeness (QED) is 0.777. The van der Waals surface area contributed by atoms with E-state index < -0.39 is 5.97 Å². The van der Waals surface area contributed by atoms with E-state index >= 15 is 0 Å². The highest BCUT2D eigenvalue weighted by molar-refractivity contribution is 5.75. The van der Waals surface area contributed by atoms with E-state index in [1.54, 1.807) is 20.0 Å². The number of aliphatic carboxylic acids is 1. The van der Waals surface area contributed by atoms with Gasteiger partial charge in [-0.3, -0.25) is 4.79 Å². The van der Waals surface area contributed by atoms with Gasteiger partial charge in [0.2, 0.25) is 5.89 Å². The Morgan fingerprint density at radius 1 is 1.50 bits per heavy atom. The van der Waals surface area contributed by atoms with Crippen molar-refractivity contribution >= 4 is 12.0 Å². The number of aromatic nitrogens is 1. The van der Waals surface area contributed by atoms with Crippen molar-refractivity contribution < 1.29 is 19.1 Å². The van der Waals surface area contributed by atoms with Gasteiger partial charge >= 0.3 is 12.0 Å². The van der Waals surface area contributed by atoms with Crippen LogP contribution in [0.4, 0.5) is 4.79 Å². The lowest BCUT2D eigenvalue weighted by atomic mass is 10.1. The molecule has 0 aromatic carbocycles. The fraction of sp³-hybridized carbons (Fsp3) is 0.615. The minimum atomic E-state index is -0.793. The van der Waals surface area contributed by atoms with Crippen LogP contribution in [0.25, 0.3) is 0 Å². The van der Waals surface area contributed by atoms with Crippen molar-refractivity contribution in [3.05, 3.63) is 17.8 Å². The molecule has 1 heterocycles. The van der Waals surface area contributed by atoms with E-state index in [0.717, 1.165) is 0 Å². The summed E-state index contributed by atoms with van der Waals surface area (Å²) in [5.74, 6) is -0.00733. The van der Waals surface area contributed by atoms with Gasteiger partial charge in [-0.1, -0.05) is 0 Å². The standard InChI is InChI=1S/C13H19N3O4/c1-7-6-14-11(20-7)8(2)15-13(19)16-10-4-3-9(5-10)12(17)18/h6,8-10H,3-5H2,1-2H3,(H,17,18)(H2,15,16,19)/t8?,9-,10+/m1/s1. The van der Waals surface area contributed by atoms with Crippen molar-refractivity contribution in [3.8, 4) is 0 Å². The normalized spacial score (nSPS) is 23.3. The summed E-state index contributed by atoms with van der Waals surface area (Å²) in [5, 5.41) is 14.4. The minimum Gasteiger partial charge on any atom is -0.481 e. The number of nitrogens with zero attached hydrogens (tertiary/aromatic N) is 1. The first-order chi connectivity index (χ1) is 9.45. The average molecular weight is 281 g/mol. The SMILES string of the molecule is Cc1cnc(C(C)NC(=O)N[C@H]2CC[C@@H](C(=O)O)C2)o1. The number of carboxylic acid groups (broad SMARTS) is 1. The Balaban J connectivity index is 1.80. The Morgan fingerprint density at radius 3 is 2.80 bits per heavy atom. The summed E-state index contributed by atoms with van der Waals surface area (Å²) in [5.41, 5.74) is 0. The second-order valence-corrected chi connectivity index (χ2v) is 5.19. The number of nitrogens with one attached hydrogen (secondary N) is 2. The molecule has 0 bridgehead atoms. The third-order valence-corrected chi connectivity index (χ3v) is 3.47. The van der Waals surface area contributed by atoms with Gasteiger partial charge in [0.1, 0.15) is 11.8 Å². The molecule has 1 aromatic rings. The van der Waals surface area contributed by atoms with Gasteiger partial charge in [0.25, 0.3) is 0 Å². The highest BCUT2D eigenvalue weighted by atomic mass is 16.4. The number of carboxylic acids is 1. The summed E-state index contributed by atoms with van der Waals surface area (Å²) < 4.78 is 5.33. The van der Waals surface area contributed by atoms with Crippen molar-refractivity contribution in [2.24, 2.45) is 5.92 Å². The molecule has 1 fully saturated rings. The Labute approximate surface area is 116 Å². The second kappa shape index (κ2) is 5.94. The molecule has 7 nitrogen and oxygen atoms in total. The number of hydrogen-bond acceptors (Lipinski definition) is 4. The number of oxazole rings is 1. The first-order valence-corrected chi connectivity index (χ1v) is 6.68. The third-order valence-electron chi connectivity index (χ3n) is 3.47. The summed E-state index contributed by atoms with van der Waals surface area (Å²) >= 11 is 0. The topological polar surface area (TPSA) is 104 Å². The summed E-state index contributed by atoms with van der Waals surface area (Å²) in [7, 11) is 0. The zero-order chi connectivity index (χ0) is 14.7. The maximum Gasteiger partial charge on any atom is 0.315 e. The Bertz CT molecular complexity index is 500. The van der Waals surface area contributed by atoms with E-state index in [1.165, 1.54) is 0 Å². The van der Waals surface area contributed by atoms with Gasteiger partial charge in [0, 0.05) is 6.04 Å². The van der Waals surface area contributed by atoms with Crippen molar-refractivity contribution in [1.29, 1.82) is 0 Å². The van der Waals surface area contributed by atoms with Crippen LogP contribution in [0.5, 0.6) is 0 Å². The summed E-state index contributed by atoms with van der Waals surface area (Å²) in [6.45, 7) is 3.56. The molecule has 3 atom stereocenters. The van der Waals surface area contributed by atoms with E-state index in [-0.39, 0.29) is 24.0 Å². The molecule has 3 N–H and O–H groups in total. The van der Waals surface area contributed by atoms with Gasteiger partial charge in [-0.2, -0.15) is 0 Å². The number of carbonyl (C=O) groups excluding carboxylic acids is 1. The monoisotopic (exact) mass is 281 g/mol. The van der Waals surface area contributed by atoms with E-state index in [1.807, 2.05) is 0 Å². The number of carbonyl (C=O) groups is 2. The fourth-order valence-electron chi connectivity index (χ4n) is 2.39. The van der Waals surface area contributed by atoms with E-state index in [4.69, 9.17) is 9.52 Å². The molecule has 1 aliphatic rings. The van der Waals surface area contributed by atoms with Crippen LogP contribution < -0.4 is 10.6 Å². The lowest BCUT2D eigenvalue weighted by Crippen LogP contribution is -2.42. The van der Waals surface area contributed by atoms with Crippen molar-refractivity contribution in [3.63, 3.8) is 0 Å². The predicted molar refractivity (Wildman–Crippen MR) is 70.1 cm³/mol. The minimum absolute atomic E-state index is 0.0883. The van der Waals surface area contributed by atoms with Crippen LogP contribution in [-0.2, 0) is 4.79 Å². The predicted octanol–water partition coefficient (Wildman–Crippen LogP) is 1.60. The second-order valence-electron chi connectivity index (χ2n) is 5.19. The maximum absolute atomic E-state index is 11.8. The zero-order valence-electron chi connectivity index (χ0n) is 11.5. The van der Waals surface area contributed by atoms with Crippen molar-refractivity contribution in [2.75, 3.05) is 0 Å². The van der Waals surface area contributed by atoms with Crippen LogP contribution in [0.15, 0.2) is 10.6 Å². The first-order valence-electron chi connectivity index (χ1n) is 6.68. The Kier molecular flexibility index (Phi) is 4.26. The Morgan fingerprint density at radius 2 is 2.25 bits per heavy atom.